The summed E-state index contributed by atoms with van der Waals surface area (Å²) in [6.07, 6.45) is 9.69. The van der Waals surface area contributed by atoms with Gasteiger partial charge in [0.15, 0.2) is 6.10 Å². The number of esters is 1. The Bertz CT molecular complexity index is 505. The molecule has 0 fully saturated rings. The lowest BCUT2D eigenvalue weighted by molar-refractivity contribution is -0.873. The molecule has 0 radical (unpaired) electrons. The van der Waals surface area contributed by atoms with Crippen LogP contribution in [-0.2, 0) is 19.1 Å². The Balaban J connectivity index is 4.00. The number of carboxylic acid groups (broad SMARTS) is 2. The standard InChI is InChI=1S/C19H31NO6/c1-20(2,3)15-16(14-18(23)24)26-19(25)13-11-9-7-5-4-6-8-10-12-17(21)22/h6-9,16H,4-5,10-15H2,1-3H3,(H-,21,22,23,24)/b8-6+,9-7+. The predicted octanol–water partition coefficient (Wildman–Crippen LogP) is 1.28. The maximum absolute atomic E-state index is 11.8. The molecule has 7 nitrogen and oxygen atoms in total. The fraction of sp³-hybridized carbons (Fsp3) is 0.632. The van der Waals surface area contributed by atoms with E-state index < -0.39 is 24.0 Å². The van der Waals surface area contributed by atoms with Crippen LogP contribution in [0.1, 0.15) is 44.9 Å². The fourth-order valence-electron chi connectivity index (χ4n) is 2.26. The molecule has 0 spiro atoms. The van der Waals surface area contributed by atoms with E-state index in [9.17, 15) is 19.5 Å². The molecule has 0 heterocycles. The number of ether oxygens (including phenoxy) is 1. The van der Waals surface area contributed by atoms with E-state index in [2.05, 4.69) is 0 Å². The first-order chi connectivity index (χ1) is 12.1. The third-order valence-electron chi connectivity index (χ3n) is 3.32. The first-order valence-electron chi connectivity index (χ1n) is 8.81. The topological polar surface area (TPSA) is 104 Å². The monoisotopic (exact) mass is 369 g/mol. The Kier molecular flexibility index (Phi) is 12.0. The van der Waals surface area contributed by atoms with Crippen molar-refractivity contribution in [1.29, 1.82) is 0 Å². The van der Waals surface area contributed by atoms with Gasteiger partial charge >= 0.3 is 11.9 Å². The number of carbonyl (C=O) groups excluding carboxylic acids is 2. The van der Waals surface area contributed by atoms with Crippen molar-refractivity contribution in [3.8, 4) is 0 Å². The first kappa shape index (κ1) is 23.9. The SMILES string of the molecule is C[N+](C)(C)CC(CC(=O)[O-])OC(=O)CC/C=C/CC/C=C/CCC(=O)O. The summed E-state index contributed by atoms with van der Waals surface area (Å²) in [5.41, 5.74) is 0. The molecule has 0 aromatic heterocycles. The molecule has 0 saturated carbocycles. The number of allylic oxidation sites excluding steroid dienone is 4. The predicted molar refractivity (Wildman–Crippen MR) is 96.0 cm³/mol. The molecule has 0 aliphatic carbocycles. The van der Waals surface area contributed by atoms with E-state index in [4.69, 9.17) is 9.84 Å². The average molecular weight is 369 g/mol. The van der Waals surface area contributed by atoms with Crippen LogP contribution in [0.3, 0.4) is 0 Å². The molecule has 0 aliphatic heterocycles. The second-order valence-corrected chi connectivity index (χ2v) is 7.15. The molecule has 0 aromatic rings. The van der Waals surface area contributed by atoms with E-state index in [-0.39, 0.29) is 19.3 Å². The van der Waals surface area contributed by atoms with Gasteiger partial charge < -0.3 is 24.2 Å². The number of carbonyl (C=O) groups is 3. The number of hydrogen-bond acceptors (Lipinski definition) is 5. The number of nitrogens with zero attached hydrogens (tertiary/aromatic N) is 1. The highest BCUT2D eigenvalue weighted by Crippen LogP contribution is 2.07. The molecular weight excluding hydrogens is 338 g/mol. The van der Waals surface area contributed by atoms with E-state index in [1.54, 1.807) is 0 Å². The number of unbranched alkanes of at least 4 members (excludes halogenated alkanes) is 1. The fourth-order valence-corrected chi connectivity index (χ4v) is 2.26. The number of aliphatic carboxylic acids is 2. The van der Waals surface area contributed by atoms with Crippen molar-refractivity contribution < 1.29 is 33.8 Å². The maximum atomic E-state index is 11.8. The highest BCUT2D eigenvalue weighted by atomic mass is 16.5. The summed E-state index contributed by atoms with van der Waals surface area (Å²) in [6.45, 7) is 0.407. The normalized spacial score (nSPS) is 13.2. The van der Waals surface area contributed by atoms with Gasteiger partial charge in [-0.05, 0) is 25.7 Å². The second kappa shape index (κ2) is 13.1. The minimum absolute atomic E-state index is 0.140. The molecule has 7 heteroatoms. The van der Waals surface area contributed by atoms with E-state index in [1.165, 1.54) is 0 Å². The molecule has 1 atom stereocenters. The van der Waals surface area contributed by atoms with Crippen molar-refractivity contribution in [2.75, 3.05) is 27.7 Å². The zero-order valence-corrected chi connectivity index (χ0v) is 16.0. The van der Waals surface area contributed by atoms with Crippen LogP contribution in [0.15, 0.2) is 24.3 Å². The molecule has 0 saturated heterocycles. The van der Waals surface area contributed by atoms with Crippen LogP contribution >= 0.6 is 0 Å². The van der Waals surface area contributed by atoms with Gasteiger partial charge in [0.05, 0.1) is 21.1 Å². The van der Waals surface area contributed by atoms with Gasteiger partial charge in [0, 0.05) is 25.2 Å². The molecule has 0 aliphatic rings. The van der Waals surface area contributed by atoms with Crippen molar-refractivity contribution in [2.45, 2.75) is 51.0 Å². The lowest BCUT2D eigenvalue weighted by Gasteiger charge is -2.29. The van der Waals surface area contributed by atoms with Gasteiger partial charge in [-0.3, -0.25) is 9.59 Å². The van der Waals surface area contributed by atoms with Gasteiger partial charge in [-0.2, -0.15) is 0 Å². The molecule has 26 heavy (non-hydrogen) atoms. The van der Waals surface area contributed by atoms with Gasteiger partial charge in [-0.15, -0.1) is 0 Å². The molecule has 1 unspecified atom stereocenters. The minimum atomic E-state index is -1.23. The number of rotatable bonds is 14. The Morgan fingerprint density at radius 2 is 1.46 bits per heavy atom. The largest absolute Gasteiger partial charge is 0.550 e. The van der Waals surface area contributed by atoms with Crippen molar-refractivity contribution in [2.24, 2.45) is 0 Å². The van der Waals surface area contributed by atoms with E-state index in [0.717, 1.165) is 12.8 Å². The summed E-state index contributed by atoms with van der Waals surface area (Å²) < 4.78 is 5.75. The number of likely N-dealkylation sites (N-methyl/N-ethyl adjacent to an activating group) is 1. The number of hydrogen-bond donors (Lipinski definition) is 1. The Labute approximate surface area is 155 Å². The third kappa shape index (κ3) is 16.7. The second-order valence-electron chi connectivity index (χ2n) is 7.15. The lowest BCUT2D eigenvalue weighted by atomic mass is 10.2. The molecule has 148 valence electrons. The van der Waals surface area contributed by atoms with Crippen molar-refractivity contribution >= 4 is 17.9 Å². The van der Waals surface area contributed by atoms with Crippen LogP contribution in [0.5, 0.6) is 0 Å². The van der Waals surface area contributed by atoms with Crippen LogP contribution in [-0.4, -0.2) is 61.3 Å². The zero-order valence-electron chi connectivity index (χ0n) is 16.0. The van der Waals surface area contributed by atoms with Crippen LogP contribution in [0.25, 0.3) is 0 Å². The summed E-state index contributed by atoms with van der Waals surface area (Å²) in [5, 5.41) is 19.3. The summed E-state index contributed by atoms with van der Waals surface area (Å²) in [4.78, 5) is 33.0. The van der Waals surface area contributed by atoms with Crippen LogP contribution in [0.2, 0.25) is 0 Å². The maximum Gasteiger partial charge on any atom is 0.306 e. The molecule has 0 amide bonds. The Hall–Kier alpha value is -2.15. The minimum Gasteiger partial charge on any atom is -0.550 e. The summed E-state index contributed by atoms with van der Waals surface area (Å²) in [7, 11) is 5.69. The zero-order chi connectivity index (χ0) is 20.0. The third-order valence-corrected chi connectivity index (χ3v) is 3.32. The Morgan fingerprint density at radius 3 is 1.92 bits per heavy atom. The smallest absolute Gasteiger partial charge is 0.306 e. The number of quaternary nitrogens is 1. The quantitative estimate of drug-likeness (QED) is 0.214. The molecular formula is C19H31NO6. The van der Waals surface area contributed by atoms with Gasteiger partial charge in [-0.1, -0.05) is 24.3 Å². The van der Waals surface area contributed by atoms with E-state index >= 15 is 0 Å². The van der Waals surface area contributed by atoms with Crippen LogP contribution < -0.4 is 5.11 Å². The summed E-state index contributed by atoms with van der Waals surface area (Å²) >= 11 is 0. The number of carboxylic acids is 2. The lowest BCUT2D eigenvalue weighted by Crippen LogP contribution is -2.45. The van der Waals surface area contributed by atoms with E-state index in [0.29, 0.717) is 23.9 Å². The van der Waals surface area contributed by atoms with Crippen LogP contribution in [0, 0.1) is 0 Å². The van der Waals surface area contributed by atoms with Crippen molar-refractivity contribution in [3.63, 3.8) is 0 Å². The van der Waals surface area contributed by atoms with Gasteiger partial charge in [-0.25, -0.2) is 0 Å². The van der Waals surface area contributed by atoms with E-state index in [1.807, 2.05) is 45.4 Å². The van der Waals surface area contributed by atoms with Gasteiger partial charge in [0.1, 0.15) is 6.54 Å². The molecule has 0 aromatic carbocycles. The molecule has 0 bridgehead atoms. The van der Waals surface area contributed by atoms with Crippen LogP contribution in [0.4, 0.5) is 0 Å². The van der Waals surface area contributed by atoms with Crippen molar-refractivity contribution in [3.05, 3.63) is 24.3 Å². The summed E-state index contributed by atoms with van der Waals surface area (Å²) in [5.74, 6) is -2.44. The molecule has 1 N–H and O–H groups in total. The highest BCUT2D eigenvalue weighted by Gasteiger charge is 2.22. The highest BCUT2D eigenvalue weighted by molar-refractivity contribution is 5.71. The van der Waals surface area contributed by atoms with Gasteiger partial charge in [0.2, 0.25) is 0 Å². The van der Waals surface area contributed by atoms with Crippen molar-refractivity contribution in [1.82, 2.24) is 0 Å². The summed E-state index contributed by atoms with van der Waals surface area (Å²) in [6, 6.07) is 0. The molecule has 0 rings (SSSR count). The first-order valence-corrected chi connectivity index (χ1v) is 8.81. The Morgan fingerprint density at radius 1 is 0.962 bits per heavy atom. The van der Waals surface area contributed by atoms with Gasteiger partial charge in [0.25, 0.3) is 0 Å². The average Bonchev–Trinajstić information content (AvgIpc) is 2.46.